The van der Waals surface area contributed by atoms with Gasteiger partial charge in [-0.05, 0) is 6.07 Å². The van der Waals surface area contributed by atoms with Gasteiger partial charge in [0.2, 0.25) is 0 Å². The first-order valence-electron chi connectivity index (χ1n) is 2.21. The first-order valence-corrected chi connectivity index (χ1v) is 2.21. The van der Waals surface area contributed by atoms with Crippen molar-refractivity contribution in [2.24, 2.45) is 0 Å². The van der Waals surface area contributed by atoms with Crippen molar-refractivity contribution in [2.45, 2.75) is 6.54 Å². The second kappa shape index (κ2) is 1.75. The number of rotatable bonds is 1. The fourth-order valence-corrected chi connectivity index (χ4v) is 0.424. The summed E-state index contributed by atoms with van der Waals surface area (Å²) in [6, 6.07) is 1.91. The summed E-state index contributed by atoms with van der Waals surface area (Å²) in [6.45, 7) is 0.792. The lowest BCUT2D eigenvalue weighted by atomic mass is 10.5. The van der Waals surface area contributed by atoms with Crippen LogP contribution in [-0.4, -0.2) is 10.2 Å². The van der Waals surface area contributed by atoms with Gasteiger partial charge >= 0.3 is 0 Å². The van der Waals surface area contributed by atoms with Gasteiger partial charge in [0.15, 0.2) is 0 Å². The van der Waals surface area contributed by atoms with Gasteiger partial charge < -0.3 is 5.73 Å². The van der Waals surface area contributed by atoms with Crippen molar-refractivity contribution in [3.05, 3.63) is 18.0 Å². The lowest BCUT2D eigenvalue weighted by Gasteiger charge is -1.77. The monoisotopic (exact) mass is 98.1 g/mol. The normalized spacial score (nSPS) is 9.29. The molecule has 3 heteroatoms. The van der Waals surface area contributed by atoms with Crippen LogP contribution in [0.25, 0.3) is 0 Å². The highest BCUT2D eigenvalue weighted by Gasteiger charge is 1.85. The van der Waals surface area contributed by atoms with Crippen LogP contribution in [0.2, 0.25) is 0 Å². The molecule has 0 fully saturated rings. The summed E-state index contributed by atoms with van der Waals surface area (Å²) in [5.74, 6) is 0. The third kappa shape index (κ3) is 0.778. The van der Waals surface area contributed by atoms with Crippen molar-refractivity contribution in [3.63, 3.8) is 0 Å². The fourth-order valence-electron chi connectivity index (χ4n) is 0.424. The number of aromatic amines is 1. The van der Waals surface area contributed by atoms with Crippen molar-refractivity contribution in [3.8, 4) is 0 Å². The molecular formula is C4H8N3+. The van der Waals surface area contributed by atoms with E-state index in [0.29, 0.717) is 0 Å². The van der Waals surface area contributed by atoms with Crippen molar-refractivity contribution in [2.75, 3.05) is 0 Å². The van der Waals surface area contributed by atoms with Crippen LogP contribution < -0.4 is 5.73 Å². The standard InChI is InChI=1S/C4H7N3/c5-3-4-1-2-6-7-4/h1-2H,3,5H2,(H,6,7)/p+1. The molecule has 0 spiro atoms. The minimum Gasteiger partial charge on any atom is -0.353 e. The maximum Gasteiger partial charge on any atom is 0.116 e. The molecule has 0 unspecified atom stereocenters. The highest BCUT2D eigenvalue weighted by molar-refractivity contribution is 4.93. The molecule has 0 aliphatic heterocycles. The van der Waals surface area contributed by atoms with E-state index in [-0.39, 0.29) is 0 Å². The number of aromatic nitrogens is 2. The van der Waals surface area contributed by atoms with Gasteiger partial charge in [0.05, 0.1) is 5.69 Å². The predicted molar refractivity (Wildman–Crippen MR) is 25.2 cm³/mol. The maximum atomic E-state index is 3.73. The minimum absolute atomic E-state index is 0.792. The van der Waals surface area contributed by atoms with Crippen molar-refractivity contribution in [1.29, 1.82) is 0 Å². The van der Waals surface area contributed by atoms with Gasteiger partial charge in [-0.15, -0.1) is 0 Å². The molecule has 7 heavy (non-hydrogen) atoms. The fraction of sp³-hybridized carbons (Fsp3) is 0.250. The summed E-state index contributed by atoms with van der Waals surface area (Å²) in [5, 5.41) is 6.50. The SMILES string of the molecule is [NH3+]Cc1ccn[nH]1. The van der Waals surface area contributed by atoms with Gasteiger partial charge in [0.25, 0.3) is 0 Å². The molecule has 1 aromatic heterocycles. The van der Waals surface area contributed by atoms with Crippen LogP contribution in [0.1, 0.15) is 5.69 Å². The molecule has 0 amide bonds. The summed E-state index contributed by atoms with van der Waals surface area (Å²) >= 11 is 0. The molecule has 0 aliphatic carbocycles. The minimum atomic E-state index is 0.792. The first kappa shape index (κ1) is 4.33. The van der Waals surface area contributed by atoms with Crippen LogP contribution in [-0.2, 0) is 6.54 Å². The van der Waals surface area contributed by atoms with E-state index in [0.717, 1.165) is 12.2 Å². The quantitative estimate of drug-likeness (QED) is 0.472. The Bertz CT molecular complexity index is 121. The van der Waals surface area contributed by atoms with Crippen LogP contribution in [0.15, 0.2) is 12.3 Å². The first-order chi connectivity index (χ1) is 3.43. The largest absolute Gasteiger partial charge is 0.353 e. The Morgan fingerprint density at radius 2 is 2.71 bits per heavy atom. The summed E-state index contributed by atoms with van der Waals surface area (Å²) in [7, 11) is 0. The Morgan fingerprint density at radius 1 is 1.86 bits per heavy atom. The summed E-state index contributed by atoms with van der Waals surface area (Å²) in [6.07, 6.45) is 1.72. The molecule has 0 saturated carbocycles. The zero-order valence-electron chi connectivity index (χ0n) is 4.02. The smallest absolute Gasteiger partial charge is 0.116 e. The van der Waals surface area contributed by atoms with Crippen LogP contribution in [0.3, 0.4) is 0 Å². The van der Waals surface area contributed by atoms with E-state index in [1.807, 2.05) is 6.07 Å². The summed E-state index contributed by atoms with van der Waals surface area (Å²) in [4.78, 5) is 0. The van der Waals surface area contributed by atoms with Crippen LogP contribution >= 0.6 is 0 Å². The van der Waals surface area contributed by atoms with Gasteiger partial charge in [0, 0.05) is 6.20 Å². The number of quaternary nitrogens is 1. The third-order valence-electron chi connectivity index (χ3n) is 0.828. The van der Waals surface area contributed by atoms with E-state index in [9.17, 15) is 0 Å². The number of H-pyrrole nitrogens is 1. The van der Waals surface area contributed by atoms with E-state index in [1.54, 1.807) is 6.20 Å². The molecular weight excluding hydrogens is 90.1 g/mol. The predicted octanol–water partition coefficient (Wildman–Crippen LogP) is -0.848. The molecule has 0 saturated heterocycles. The Balaban J connectivity index is 2.76. The highest BCUT2D eigenvalue weighted by Crippen LogP contribution is 1.83. The summed E-state index contributed by atoms with van der Waals surface area (Å²) < 4.78 is 0. The third-order valence-corrected chi connectivity index (χ3v) is 0.828. The van der Waals surface area contributed by atoms with Crippen molar-refractivity contribution < 1.29 is 5.73 Å². The van der Waals surface area contributed by atoms with E-state index >= 15 is 0 Å². The van der Waals surface area contributed by atoms with E-state index in [4.69, 9.17) is 0 Å². The number of nitrogens with one attached hydrogen (secondary N) is 1. The van der Waals surface area contributed by atoms with Crippen LogP contribution in [0, 0.1) is 0 Å². The van der Waals surface area contributed by atoms with E-state index in [1.165, 1.54) is 0 Å². The molecule has 0 aliphatic rings. The van der Waals surface area contributed by atoms with E-state index < -0.39 is 0 Å². The lowest BCUT2D eigenvalue weighted by Crippen LogP contribution is -2.47. The zero-order valence-corrected chi connectivity index (χ0v) is 4.02. The molecule has 0 atom stereocenters. The molecule has 0 bridgehead atoms. The highest BCUT2D eigenvalue weighted by atomic mass is 15.1. The molecule has 1 rings (SSSR count). The Hall–Kier alpha value is -0.830. The number of hydrogen-bond donors (Lipinski definition) is 2. The Morgan fingerprint density at radius 3 is 3.00 bits per heavy atom. The van der Waals surface area contributed by atoms with E-state index in [2.05, 4.69) is 15.9 Å². The van der Waals surface area contributed by atoms with Gasteiger partial charge in [0.1, 0.15) is 6.54 Å². The number of nitrogens with zero attached hydrogens (tertiary/aromatic N) is 1. The topological polar surface area (TPSA) is 56.3 Å². The molecule has 3 nitrogen and oxygen atoms in total. The van der Waals surface area contributed by atoms with Gasteiger partial charge in [-0.2, -0.15) is 5.10 Å². The molecule has 4 N–H and O–H groups in total. The molecule has 1 heterocycles. The zero-order chi connectivity index (χ0) is 5.11. The van der Waals surface area contributed by atoms with Gasteiger partial charge in [-0.25, -0.2) is 0 Å². The lowest BCUT2D eigenvalue weighted by molar-refractivity contribution is -0.387. The summed E-state index contributed by atoms with van der Waals surface area (Å²) in [5.41, 5.74) is 4.74. The molecule has 0 radical (unpaired) electrons. The maximum absolute atomic E-state index is 3.73. The second-order valence-electron chi connectivity index (χ2n) is 1.33. The molecule has 0 aromatic carbocycles. The average Bonchev–Trinajstić information content (AvgIpc) is 2.14. The van der Waals surface area contributed by atoms with Gasteiger partial charge in [-0.3, -0.25) is 5.10 Å². The van der Waals surface area contributed by atoms with Gasteiger partial charge in [-0.1, -0.05) is 0 Å². The molecule has 1 aromatic rings. The Labute approximate surface area is 41.5 Å². The van der Waals surface area contributed by atoms with Crippen LogP contribution in [0.5, 0.6) is 0 Å². The molecule has 38 valence electrons. The number of hydrogen-bond acceptors (Lipinski definition) is 1. The average molecular weight is 98.1 g/mol. The van der Waals surface area contributed by atoms with Crippen molar-refractivity contribution >= 4 is 0 Å². The Kier molecular flexibility index (Phi) is 1.08. The van der Waals surface area contributed by atoms with Crippen LogP contribution in [0.4, 0.5) is 0 Å². The van der Waals surface area contributed by atoms with Crippen molar-refractivity contribution in [1.82, 2.24) is 10.2 Å². The second-order valence-corrected chi connectivity index (χ2v) is 1.33.